The standard InChI is InChI=1S/C16H23N5O2S/c1-3-20(14-7-6-9-17-11-14)24(22,23)15-12-19-21(13(15)2)16-8-4-5-10-18-16/h4-5,8,10,12,14,17H,3,6-7,9,11H2,1-2H3. The molecule has 0 spiro atoms. The highest BCUT2D eigenvalue weighted by Crippen LogP contribution is 2.24. The quantitative estimate of drug-likeness (QED) is 0.881. The molecule has 7 nitrogen and oxygen atoms in total. The number of nitrogens with one attached hydrogen (secondary N) is 1. The summed E-state index contributed by atoms with van der Waals surface area (Å²) in [7, 11) is -3.59. The van der Waals surface area contributed by atoms with Crippen molar-refractivity contribution < 1.29 is 8.42 Å². The molecule has 0 radical (unpaired) electrons. The molecule has 2 aromatic heterocycles. The van der Waals surface area contributed by atoms with Crippen LogP contribution < -0.4 is 5.32 Å². The van der Waals surface area contributed by atoms with Gasteiger partial charge in [-0.2, -0.15) is 9.40 Å². The molecule has 2 aromatic rings. The number of sulfonamides is 1. The largest absolute Gasteiger partial charge is 0.315 e. The minimum absolute atomic E-state index is 0.00801. The second-order valence-corrected chi connectivity index (χ2v) is 7.76. The number of rotatable bonds is 5. The molecule has 0 bridgehead atoms. The molecular formula is C16H23N5O2S. The van der Waals surface area contributed by atoms with Crippen molar-refractivity contribution in [3.8, 4) is 5.82 Å². The first-order valence-corrected chi connectivity index (χ1v) is 9.68. The topological polar surface area (TPSA) is 80.1 Å². The Kier molecular flexibility index (Phi) is 4.98. The van der Waals surface area contributed by atoms with E-state index in [2.05, 4.69) is 15.4 Å². The number of hydrogen-bond donors (Lipinski definition) is 1. The Hall–Kier alpha value is -1.77. The fourth-order valence-corrected chi connectivity index (χ4v) is 4.99. The molecule has 130 valence electrons. The molecule has 24 heavy (non-hydrogen) atoms. The summed E-state index contributed by atoms with van der Waals surface area (Å²) in [5.74, 6) is 0.610. The van der Waals surface area contributed by atoms with Gasteiger partial charge in [0.1, 0.15) is 4.90 Å². The van der Waals surface area contributed by atoms with Crippen molar-refractivity contribution in [1.82, 2.24) is 24.4 Å². The molecule has 8 heteroatoms. The summed E-state index contributed by atoms with van der Waals surface area (Å²) in [6.07, 6.45) is 4.96. The molecule has 1 aliphatic heterocycles. The first kappa shape index (κ1) is 17.1. The van der Waals surface area contributed by atoms with E-state index >= 15 is 0 Å². The summed E-state index contributed by atoms with van der Waals surface area (Å²) in [5.41, 5.74) is 0.580. The van der Waals surface area contributed by atoms with Crippen molar-refractivity contribution in [2.75, 3.05) is 19.6 Å². The van der Waals surface area contributed by atoms with Crippen LogP contribution in [-0.4, -0.2) is 53.2 Å². The van der Waals surface area contributed by atoms with Crippen LogP contribution in [0.25, 0.3) is 5.82 Å². The van der Waals surface area contributed by atoms with Gasteiger partial charge in [-0.1, -0.05) is 13.0 Å². The van der Waals surface area contributed by atoms with Gasteiger partial charge >= 0.3 is 0 Å². The highest BCUT2D eigenvalue weighted by Gasteiger charge is 2.33. The zero-order valence-corrected chi connectivity index (χ0v) is 14.8. The lowest BCUT2D eigenvalue weighted by Crippen LogP contribution is -2.48. The first-order chi connectivity index (χ1) is 11.6. The van der Waals surface area contributed by atoms with E-state index in [1.807, 2.05) is 19.1 Å². The summed E-state index contributed by atoms with van der Waals surface area (Å²) >= 11 is 0. The van der Waals surface area contributed by atoms with Crippen molar-refractivity contribution >= 4 is 10.0 Å². The zero-order valence-electron chi connectivity index (χ0n) is 14.0. The predicted octanol–water partition coefficient (Wildman–Crippen LogP) is 1.34. The van der Waals surface area contributed by atoms with Crippen molar-refractivity contribution in [3.05, 3.63) is 36.3 Å². The molecular weight excluding hydrogens is 326 g/mol. The van der Waals surface area contributed by atoms with Gasteiger partial charge in [0.25, 0.3) is 0 Å². The van der Waals surface area contributed by atoms with Crippen LogP contribution in [0.5, 0.6) is 0 Å². The second-order valence-electron chi connectivity index (χ2n) is 5.90. The molecule has 3 rings (SSSR count). The summed E-state index contributed by atoms with van der Waals surface area (Å²) in [6.45, 7) is 5.74. The lowest BCUT2D eigenvalue weighted by atomic mass is 10.1. The Bertz CT molecular complexity index is 782. The minimum Gasteiger partial charge on any atom is -0.315 e. The maximum atomic E-state index is 13.2. The minimum atomic E-state index is -3.59. The third-order valence-electron chi connectivity index (χ3n) is 4.41. The lowest BCUT2D eigenvalue weighted by molar-refractivity contribution is 0.274. The van der Waals surface area contributed by atoms with Gasteiger partial charge in [0.05, 0.1) is 11.9 Å². The summed E-state index contributed by atoms with van der Waals surface area (Å²) in [6, 6.07) is 5.46. The monoisotopic (exact) mass is 349 g/mol. The van der Waals surface area contributed by atoms with Crippen LogP contribution in [-0.2, 0) is 10.0 Å². The van der Waals surface area contributed by atoms with E-state index in [-0.39, 0.29) is 10.9 Å². The molecule has 1 unspecified atom stereocenters. The van der Waals surface area contributed by atoms with E-state index in [4.69, 9.17) is 0 Å². The van der Waals surface area contributed by atoms with E-state index < -0.39 is 10.0 Å². The number of aromatic nitrogens is 3. The van der Waals surface area contributed by atoms with E-state index in [9.17, 15) is 8.42 Å². The molecule has 1 atom stereocenters. The Morgan fingerprint density at radius 1 is 1.42 bits per heavy atom. The van der Waals surface area contributed by atoms with Crippen LogP contribution in [0, 0.1) is 6.92 Å². The van der Waals surface area contributed by atoms with Gasteiger partial charge in [-0.25, -0.2) is 18.1 Å². The molecule has 0 aliphatic carbocycles. The molecule has 1 fully saturated rings. The number of pyridine rings is 1. The SMILES string of the molecule is CCN(C1CCCNC1)S(=O)(=O)c1cnn(-c2ccccn2)c1C. The Morgan fingerprint density at radius 2 is 2.25 bits per heavy atom. The second kappa shape index (κ2) is 7.00. The van der Waals surface area contributed by atoms with Crippen molar-refractivity contribution in [3.63, 3.8) is 0 Å². The summed E-state index contributed by atoms with van der Waals surface area (Å²) in [4.78, 5) is 4.49. The van der Waals surface area contributed by atoms with Crippen molar-refractivity contribution in [2.24, 2.45) is 0 Å². The van der Waals surface area contributed by atoms with Crippen LogP contribution in [0.3, 0.4) is 0 Å². The maximum Gasteiger partial charge on any atom is 0.246 e. The normalized spacial score (nSPS) is 18.9. The fourth-order valence-electron chi connectivity index (χ4n) is 3.19. The van der Waals surface area contributed by atoms with Crippen molar-refractivity contribution in [2.45, 2.75) is 37.6 Å². The zero-order chi connectivity index (χ0) is 17.2. The van der Waals surface area contributed by atoms with E-state index in [1.54, 1.807) is 28.2 Å². The smallest absolute Gasteiger partial charge is 0.246 e. The number of hydrogen-bond acceptors (Lipinski definition) is 5. The van der Waals surface area contributed by atoms with Crippen LogP contribution in [0.4, 0.5) is 0 Å². The van der Waals surface area contributed by atoms with E-state index in [0.717, 1.165) is 19.4 Å². The summed E-state index contributed by atoms with van der Waals surface area (Å²) < 4.78 is 29.5. The Morgan fingerprint density at radius 3 is 2.88 bits per heavy atom. The maximum absolute atomic E-state index is 13.2. The van der Waals surface area contributed by atoms with Gasteiger partial charge in [-0.3, -0.25) is 0 Å². The highest BCUT2D eigenvalue weighted by molar-refractivity contribution is 7.89. The predicted molar refractivity (Wildman–Crippen MR) is 91.6 cm³/mol. The van der Waals surface area contributed by atoms with Crippen LogP contribution >= 0.6 is 0 Å². The van der Waals surface area contributed by atoms with Crippen LogP contribution in [0.1, 0.15) is 25.5 Å². The van der Waals surface area contributed by atoms with Gasteiger partial charge in [0.2, 0.25) is 10.0 Å². The average Bonchev–Trinajstić information content (AvgIpc) is 2.99. The number of nitrogens with zero attached hydrogens (tertiary/aromatic N) is 4. The Labute approximate surface area is 142 Å². The third kappa shape index (κ3) is 3.09. The van der Waals surface area contributed by atoms with Gasteiger partial charge in [-0.05, 0) is 38.4 Å². The highest BCUT2D eigenvalue weighted by atomic mass is 32.2. The molecule has 0 amide bonds. The number of likely N-dealkylation sites (N-methyl/N-ethyl adjacent to an activating group) is 1. The van der Waals surface area contributed by atoms with Gasteiger partial charge < -0.3 is 5.32 Å². The number of piperidine rings is 1. The molecule has 3 heterocycles. The van der Waals surface area contributed by atoms with Gasteiger partial charge in [0.15, 0.2) is 5.82 Å². The molecule has 1 N–H and O–H groups in total. The molecule has 0 aromatic carbocycles. The van der Waals surface area contributed by atoms with Gasteiger partial charge in [0, 0.05) is 25.3 Å². The van der Waals surface area contributed by atoms with E-state index in [1.165, 1.54) is 6.20 Å². The van der Waals surface area contributed by atoms with Gasteiger partial charge in [-0.15, -0.1) is 0 Å². The molecule has 0 saturated carbocycles. The third-order valence-corrected chi connectivity index (χ3v) is 6.54. The van der Waals surface area contributed by atoms with E-state index in [0.29, 0.717) is 24.6 Å². The lowest BCUT2D eigenvalue weighted by Gasteiger charge is -2.32. The summed E-state index contributed by atoms with van der Waals surface area (Å²) in [5, 5.41) is 7.53. The van der Waals surface area contributed by atoms with Crippen LogP contribution in [0.2, 0.25) is 0 Å². The average molecular weight is 349 g/mol. The fraction of sp³-hybridized carbons (Fsp3) is 0.500. The van der Waals surface area contributed by atoms with Crippen molar-refractivity contribution in [1.29, 1.82) is 0 Å². The molecule has 1 aliphatic rings. The van der Waals surface area contributed by atoms with Crippen LogP contribution in [0.15, 0.2) is 35.5 Å². The molecule has 1 saturated heterocycles. The first-order valence-electron chi connectivity index (χ1n) is 8.24. The Balaban J connectivity index is 1.96.